The number of para-hydroxylation sites is 2. The van der Waals surface area contributed by atoms with Crippen LogP contribution in [0.1, 0.15) is 30.1 Å². The molecule has 126 valence electrons. The van der Waals surface area contributed by atoms with Gasteiger partial charge in [0.25, 0.3) is 5.91 Å². The van der Waals surface area contributed by atoms with E-state index in [1.807, 2.05) is 42.5 Å². The Morgan fingerprint density at radius 1 is 1.17 bits per heavy atom. The molecule has 0 aliphatic rings. The summed E-state index contributed by atoms with van der Waals surface area (Å²) < 4.78 is 6.62. The van der Waals surface area contributed by atoms with Crippen LogP contribution >= 0.6 is 34.8 Å². The lowest BCUT2D eigenvalue weighted by molar-refractivity contribution is 0.0977. The van der Waals surface area contributed by atoms with Crippen molar-refractivity contribution in [2.75, 3.05) is 11.9 Å². The van der Waals surface area contributed by atoms with Crippen LogP contribution in [0.4, 0.5) is 5.69 Å². The van der Waals surface area contributed by atoms with E-state index in [-0.39, 0.29) is 11.0 Å². The Morgan fingerprint density at radius 3 is 2.62 bits per heavy atom. The van der Waals surface area contributed by atoms with Gasteiger partial charge in [-0.05, 0) is 65.5 Å². The van der Waals surface area contributed by atoms with Gasteiger partial charge < -0.3 is 10.1 Å². The molecule has 0 aromatic heterocycles. The van der Waals surface area contributed by atoms with E-state index in [0.717, 1.165) is 27.8 Å². The molecule has 2 aromatic rings. The van der Waals surface area contributed by atoms with Crippen LogP contribution in [0.3, 0.4) is 0 Å². The second kappa shape index (κ2) is 9.58. The molecule has 0 aliphatic heterocycles. The molecule has 0 atom stereocenters. The molecule has 0 bridgehead atoms. The van der Waals surface area contributed by atoms with Crippen LogP contribution in [0.15, 0.2) is 48.5 Å². The van der Waals surface area contributed by atoms with Crippen LogP contribution in [0.5, 0.6) is 5.75 Å². The minimum Gasteiger partial charge on any atom is -0.491 e. The van der Waals surface area contributed by atoms with Gasteiger partial charge in [-0.25, -0.2) is 0 Å². The summed E-state index contributed by atoms with van der Waals surface area (Å²) in [6.45, 7) is 2.76. The van der Waals surface area contributed by atoms with Crippen molar-refractivity contribution in [3.8, 4) is 5.75 Å². The molecule has 2 rings (SSSR count). The van der Waals surface area contributed by atoms with Gasteiger partial charge in [0.1, 0.15) is 5.75 Å². The summed E-state index contributed by atoms with van der Waals surface area (Å²) >= 11 is 7.37. The van der Waals surface area contributed by atoms with Crippen LogP contribution in [0.25, 0.3) is 0 Å². The van der Waals surface area contributed by atoms with Crippen molar-refractivity contribution in [3.63, 3.8) is 0 Å². The van der Waals surface area contributed by atoms with Crippen LogP contribution in [0.2, 0.25) is 0 Å². The number of hydrogen-bond acceptors (Lipinski definition) is 3. The summed E-state index contributed by atoms with van der Waals surface area (Å²) in [5, 5.41) is 5.97. The Kier molecular flexibility index (Phi) is 7.45. The van der Waals surface area contributed by atoms with Gasteiger partial charge in [-0.15, -0.1) is 0 Å². The van der Waals surface area contributed by atoms with E-state index < -0.39 is 0 Å². The molecule has 2 aromatic carbocycles. The molecule has 4 nitrogen and oxygen atoms in total. The second-order valence-electron chi connectivity index (χ2n) is 5.09. The summed E-state index contributed by atoms with van der Waals surface area (Å²) in [6.07, 6.45) is 2.06. The lowest BCUT2D eigenvalue weighted by atomic mass is 10.2. The molecule has 2 N–H and O–H groups in total. The van der Waals surface area contributed by atoms with Gasteiger partial charge >= 0.3 is 0 Å². The second-order valence-corrected chi connectivity index (χ2v) is 6.66. The van der Waals surface area contributed by atoms with Gasteiger partial charge in [0.15, 0.2) is 5.11 Å². The van der Waals surface area contributed by atoms with Crippen LogP contribution in [-0.2, 0) is 0 Å². The van der Waals surface area contributed by atoms with Gasteiger partial charge in [0, 0.05) is 3.57 Å². The Bertz CT molecular complexity index is 722. The van der Waals surface area contributed by atoms with Gasteiger partial charge in [-0.3, -0.25) is 10.1 Å². The van der Waals surface area contributed by atoms with Crippen molar-refractivity contribution in [2.45, 2.75) is 19.8 Å². The standard InChI is InChI=1S/C18H19IN2O2S/c1-2-3-12-23-16-11-7-6-10-15(16)20-18(24)21-17(22)13-8-4-5-9-14(13)19/h4-11H,2-3,12H2,1H3,(H2,20,21,22,24). The van der Waals surface area contributed by atoms with Crippen molar-refractivity contribution in [1.82, 2.24) is 5.32 Å². The van der Waals surface area contributed by atoms with E-state index in [4.69, 9.17) is 17.0 Å². The highest BCUT2D eigenvalue weighted by molar-refractivity contribution is 14.1. The summed E-state index contributed by atoms with van der Waals surface area (Å²) in [5.74, 6) is 0.485. The van der Waals surface area contributed by atoms with Crippen LogP contribution in [0, 0.1) is 3.57 Å². The number of anilines is 1. The molecule has 0 unspecified atom stereocenters. The highest BCUT2D eigenvalue weighted by atomic mass is 127. The van der Waals surface area contributed by atoms with Crippen molar-refractivity contribution < 1.29 is 9.53 Å². The fourth-order valence-corrected chi connectivity index (χ4v) is 2.83. The van der Waals surface area contributed by atoms with E-state index in [9.17, 15) is 4.79 Å². The topological polar surface area (TPSA) is 50.4 Å². The third-order valence-electron chi connectivity index (χ3n) is 3.24. The molecule has 24 heavy (non-hydrogen) atoms. The molecule has 0 aliphatic carbocycles. The summed E-state index contributed by atoms with van der Waals surface area (Å²) in [5.41, 5.74) is 1.33. The third-order valence-corrected chi connectivity index (χ3v) is 4.38. The Hall–Kier alpha value is -1.67. The number of carbonyl (C=O) groups excluding carboxylic acids is 1. The highest BCUT2D eigenvalue weighted by Gasteiger charge is 2.12. The molecule has 0 spiro atoms. The number of carbonyl (C=O) groups is 1. The number of rotatable bonds is 6. The van der Waals surface area contributed by atoms with E-state index in [1.54, 1.807) is 6.07 Å². The Morgan fingerprint density at radius 2 is 1.88 bits per heavy atom. The number of unbranched alkanes of at least 4 members (excludes halogenated alkanes) is 1. The van der Waals surface area contributed by atoms with Crippen molar-refractivity contribution >= 4 is 51.5 Å². The van der Waals surface area contributed by atoms with E-state index >= 15 is 0 Å². The maximum absolute atomic E-state index is 12.3. The summed E-state index contributed by atoms with van der Waals surface area (Å²) in [6, 6.07) is 14.9. The Balaban J connectivity index is 2.00. The average molecular weight is 454 g/mol. The maximum atomic E-state index is 12.3. The number of nitrogens with one attached hydrogen (secondary N) is 2. The fraction of sp³-hybridized carbons (Fsp3) is 0.222. The van der Waals surface area contributed by atoms with E-state index in [2.05, 4.69) is 40.1 Å². The van der Waals surface area contributed by atoms with Crippen molar-refractivity contribution in [3.05, 3.63) is 57.7 Å². The predicted molar refractivity (Wildman–Crippen MR) is 110 cm³/mol. The molecular weight excluding hydrogens is 435 g/mol. The van der Waals surface area contributed by atoms with Gasteiger partial charge in [-0.1, -0.05) is 37.6 Å². The lowest BCUT2D eigenvalue weighted by Gasteiger charge is -2.14. The number of halogens is 1. The van der Waals surface area contributed by atoms with Gasteiger partial charge in [0.2, 0.25) is 0 Å². The zero-order valence-corrected chi connectivity index (χ0v) is 16.3. The van der Waals surface area contributed by atoms with Crippen LogP contribution in [-0.4, -0.2) is 17.6 Å². The monoisotopic (exact) mass is 454 g/mol. The average Bonchev–Trinajstić information content (AvgIpc) is 2.57. The largest absolute Gasteiger partial charge is 0.491 e. The van der Waals surface area contributed by atoms with Crippen molar-refractivity contribution in [2.24, 2.45) is 0 Å². The van der Waals surface area contributed by atoms with Crippen LogP contribution < -0.4 is 15.4 Å². The first-order chi connectivity index (χ1) is 11.6. The third kappa shape index (κ3) is 5.45. The smallest absolute Gasteiger partial charge is 0.258 e. The quantitative estimate of drug-likeness (QED) is 0.381. The number of hydrogen-bond donors (Lipinski definition) is 2. The minimum absolute atomic E-state index is 0.234. The van der Waals surface area contributed by atoms with Gasteiger partial charge in [0.05, 0.1) is 17.9 Å². The molecule has 0 radical (unpaired) electrons. The first kappa shape index (κ1) is 18.7. The maximum Gasteiger partial charge on any atom is 0.258 e. The molecule has 6 heteroatoms. The predicted octanol–water partition coefficient (Wildman–Crippen LogP) is 4.60. The highest BCUT2D eigenvalue weighted by Crippen LogP contribution is 2.24. The van der Waals surface area contributed by atoms with Gasteiger partial charge in [-0.2, -0.15) is 0 Å². The molecule has 1 amide bonds. The van der Waals surface area contributed by atoms with Crippen molar-refractivity contribution in [1.29, 1.82) is 0 Å². The zero-order valence-electron chi connectivity index (χ0n) is 13.3. The number of benzene rings is 2. The Labute approximate surface area is 161 Å². The SMILES string of the molecule is CCCCOc1ccccc1NC(=S)NC(=O)c1ccccc1I. The first-order valence-corrected chi connectivity index (χ1v) is 9.19. The molecule has 0 fully saturated rings. The number of thiocarbonyl (C=S) groups is 1. The summed E-state index contributed by atoms with van der Waals surface area (Å²) in [7, 11) is 0. The van der Waals surface area contributed by atoms with E-state index in [0.29, 0.717) is 12.2 Å². The molecule has 0 saturated heterocycles. The molecular formula is C18H19IN2O2S. The molecule has 0 heterocycles. The fourth-order valence-electron chi connectivity index (χ4n) is 1.99. The van der Waals surface area contributed by atoms with E-state index in [1.165, 1.54) is 0 Å². The number of amides is 1. The minimum atomic E-state index is -0.234. The lowest BCUT2D eigenvalue weighted by Crippen LogP contribution is -2.34. The summed E-state index contributed by atoms with van der Waals surface area (Å²) in [4.78, 5) is 12.3. The number of ether oxygens (including phenoxy) is 1. The molecule has 0 saturated carbocycles. The first-order valence-electron chi connectivity index (χ1n) is 7.70. The zero-order chi connectivity index (χ0) is 17.4. The normalized spacial score (nSPS) is 10.1.